The van der Waals surface area contributed by atoms with Gasteiger partial charge in [-0.05, 0) is 25.2 Å². The lowest BCUT2D eigenvalue weighted by Gasteiger charge is -2.24. The molecular weight excluding hydrogens is 300 g/mol. The molecule has 0 spiro atoms. The molecular formula is C18H32N6. The Kier molecular flexibility index (Phi) is 6.82. The molecule has 1 fully saturated rings. The zero-order valence-electron chi connectivity index (χ0n) is 15.6. The topological polar surface area (TPSA) is 58.3 Å². The molecule has 1 saturated heterocycles. The Morgan fingerprint density at radius 3 is 2.75 bits per heavy atom. The smallest absolute Gasteiger partial charge is 0.194 e. The maximum Gasteiger partial charge on any atom is 0.194 e. The van der Waals surface area contributed by atoms with Gasteiger partial charge in [0.25, 0.3) is 0 Å². The van der Waals surface area contributed by atoms with Crippen LogP contribution in [0.2, 0.25) is 0 Å². The van der Waals surface area contributed by atoms with Crippen molar-refractivity contribution in [3.63, 3.8) is 0 Å². The number of aryl methyl sites for hydroxylation is 1. The number of hydrogen-bond acceptors (Lipinski definition) is 3. The van der Waals surface area contributed by atoms with Crippen LogP contribution >= 0.6 is 0 Å². The van der Waals surface area contributed by atoms with Crippen molar-refractivity contribution in [2.24, 2.45) is 23.9 Å². The predicted molar refractivity (Wildman–Crippen MR) is 98.8 cm³/mol. The van der Waals surface area contributed by atoms with E-state index >= 15 is 0 Å². The third-order valence-electron chi connectivity index (χ3n) is 5.20. The number of nitrogens with zero attached hydrogens (tertiary/aromatic N) is 5. The summed E-state index contributed by atoms with van der Waals surface area (Å²) < 4.78 is 1.99. The molecule has 1 unspecified atom stereocenters. The summed E-state index contributed by atoms with van der Waals surface area (Å²) in [4.78, 5) is 7.18. The van der Waals surface area contributed by atoms with E-state index in [1.165, 1.54) is 19.3 Å². The maximum atomic E-state index is 4.79. The highest BCUT2D eigenvalue weighted by Crippen LogP contribution is 2.28. The second kappa shape index (κ2) is 8.85. The molecule has 2 heterocycles. The summed E-state index contributed by atoms with van der Waals surface area (Å²) in [7, 11) is 1.98. The molecule has 1 N–H and O–H groups in total. The van der Waals surface area contributed by atoms with Crippen LogP contribution in [0.3, 0.4) is 0 Å². The SMILES string of the molecule is C=CCNC(=NCc1nnc(C)n1C)N1CCC(C(CC)CC)C1. The van der Waals surface area contributed by atoms with E-state index in [9.17, 15) is 0 Å². The number of aromatic nitrogens is 3. The molecule has 6 nitrogen and oxygen atoms in total. The van der Waals surface area contributed by atoms with Gasteiger partial charge in [-0.15, -0.1) is 16.8 Å². The molecule has 0 saturated carbocycles. The highest BCUT2D eigenvalue weighted by molar-refractivity contribution is 5.80. The van der Waals surface area contributed by atoms with Crippen LogP contribution in [0, 0.1) is 18.8 Å². The van der Waals surface area contributed by atoms with Crippen LogP contribution in [-0.4, -0.2) is 45.3 Å². The Morgan fingerprint density at radius 2 is 2.17 bits per heavy atom. The normalized spacial score (nSPS) is 18.5. The molecule has 1 aliphatic heterocycles. The van der Waals surface area contributed by atoms with E-state index in [2.05, 4.69) is 40.8 Å². The molecule has 0 aromatic carbocycles. The maximum absolute atomic E-state index is 4.79. The average Bonchev–Trinajstić information content (AvgIpc) is 3.18. The Balaban J connectivity index is 2.06. The lowest BCUT2D eigenvalue weighted by Crippen LogP contribution is -2.40. The van der Waals surface area contributed by atoms with Gasteiger partial charge in [0, 0.05) is 26.7 Å². The Bertz CT molecular complexity index is 558. The lowest BCUT2D eigenvalue weighted by molar-refractivity contribution is 0.319. The summed E-state index contributed by atoms with van der Waals surface area (Å²) in [6, 6.07) is 0. The van der Waals surface area contributed by atoms with E-state index in [1.807, 2.05) is 24.6 Å². The zero-order chi connectivity index (χ0) is 17.5. The summed E-state index contributed by atoms with van der Waals surface area (Å²) in [6.45, 7) is 13.8. The first-order valence-electron chi connectivity index (χ1n) is 9.09. The Hall–Kier alpha value is -1.85. The first kappa shape index (κ1) is 18.5. The highest BCUT2D eigenvalue weighted by atomic mass is 15.3. The second-order valence-corrected chi connectivity index (χ2v) is 6.60. The van der Waals surface area contributed by atoms with Gasteiger partial charge in [0.15, 0.2) is 11.8 Å². The van der Waals surface area contributed by atoms with Crippen LogP contribution in [0.4, 0.5) is 0 Å². The Labute approximate surface area is 146 Å². The molecule has 0 bridgehead atoms. The van der Waals surface area contributed by atoms with Crippen LogP contribution in [0.1, 0.15) is 44.8 Å². The van der Waals surface area contributed by atoms with Crippen LogP contribution in [0.5, 0.6) is 0 Å². The molecule has 1 atom stereocenters. The molecule has 1 aromatic rings. The molecule has 0 radical (unpaired) electrons. The van der Waals surface area contributed by atoms with Crippen molar-refractivity contribution < 1.29 is 0 Å². The van der Waals surface area contributed by atoms with Crippen LogP contribution < -0.4 is 5.32 Å². The van der Waals surface area contributed by atoms with Gasteiger partial charge in [-0.25, -0.2) is 4.99 Å². The van der Waals surface area contributed by atoms with Crippen molar-refractivity contribution >= 4 is 5.96 Å². The lowest BCUT2D eigenvalue weighted by atomic mass is 9.87. The number of aliphatic imine (C=N–C) groups is 1. The van der Waals surface area contributed by atoms with Crippen molar-refractivity contribution in [1.29, 1.82) is 0 Å². The van der Waals surface area contributed by atoms with E-state index in [1.54, 1.807) is 0 Å². The number of likely N-dealkylation sites (tertiary alicyclic amines) is 1. The largest absolute Gasteiger partial charge is 0.353 e. The quantitative estimate of drug-likeness (QED) is 0.473. The minimum absolute atomic E-state index is 0.545. The monoisotopic (exact) mass is 332 g/mol. The summed E-state index contributed by atoms with van der Waals surface area (Å²) in [5, 5.41) is 11.7. The second-order valence-electron chi connectivity index (χ2n) is 6.60. The molecule has 0 aliphatic carbocycles. The van der Waals surface area contributed by atoms with Crippen LogP contribution in [0.15, 0.2) is 17.6 Å². The summed E-state index contributed by atoms with van der Waals surface area (Å²) in [5.74, 6) is 4.35. The number of nitrogens with one attached hydrogen (secondary N) is 1. The Morgan fingerprint density at radius 1 is 1.42 bits per heavy atom. The van der Waals surface area contributed by atoms with Crippen LogP contribution in [-0.2, 0) is 13.6 Å². The minimum atomic E-state index is 0.545. The molecule has 24 heavy (non-hydrogen) atoms. The fraction of sp³-hybridized carbons (Fsp3) is 0.722. The molecule has 2 rings (SSSR count). The molecule has 134 valence electrons. The van der Waals surface area contributed by atoms with E-state index in [0.717, 1.165) is 49.1 Å². The summed E-state index contributed by atoms with van der Waals surface area (Å²) in [5.41, 5.74) is 0. The van der Waals surface area contributed by atoms with Crippen molar-refractivity contribution in [2.45, 2.75) is 46.6 Å². The van der Waals surface area contributed by atoms with Crippen molar-refractivity contribution in [2.75, 3.05) is 19.6 Å². The van der Waals surface area contributed by atoms with Gasteiger partial charge in [-0.3, -0.25) is 0 Å². The van der Waals surface area contributed by atoms with E-state index < -0.39 is 0 Å². The van der Waals surface area contributed by atoms with E-state index in [0.29, 0.717) is 6.54 Å². The third kappa shape index (κ3) is 4.36. The minimum Gasteiger partial charge on any atom is -0.353 e. The summed E-state index contributed by atoms with van der Waals surface area (Å²) >= 11 is 0. The average molecular weight is 332 g/mol. The molecule has 6 heteroatoms. The summed E-state index contributed by atoms with van der Waals surface area (Å²) in [6.07, 6.45) is 5.65. The number of rotatable bonds is 7. The molecule has 0 amide bonds. The fourth-order valence-corrected chi connectivity index (χ4v) is 3.49. The van der Waals surface area contributed by atoms with Gasteiger partial charge in [0.2, 0.25) is 0 Å². The molecule has 1 aromatic heterocycles. The van der Waals surface area contributed by atoms with Crippen molar-refractivity contribution in [1.82, 2.24) is 25.0 Å². The first-order chi connectivity index (χ1) is 11.6. The highest BCUT2D eigenvalue weighted by Gasteiger charge is 2.29. The number of guanidine groups is 1. The van der Waals surface area contributed by atoms with Gasteiger partial charge in [0.05, 0.1) is 0 Å². The predicted octanol–water partition coefficient (Wildman–Crippen LogP) is 2.51. The first-order valence-corrected chi connectivity index (χ1v) is 9.09. The standard InChI is InChI=1S/C18H32N6/c1-6-10-19-18(20-12-17-22-21-14(4)23(17)5)24-11-9-16(13-24)15(7-2)8-3/h6,15-16H,1,7-13H2,2-5H3,(H,19,20). The zero-order valence-corrected chi connectivity index (χ0v) is 15.6. The number of hydrogen-bond donors (Lipinski definition) is 1. The fourth-order valence-electron chi connectivity index (χ4n) is 3.49. The van der Waals surface area contributed by atoms with Gasteiger partial charge < -0.3 is 14.8 Å². The van der Waals surface area contributed by atoms with E-state index in [4.69, 9.17) is 4.99 Å². The van der Waals surface area contributed by atoms with Gasteiger partial charge in [-0.1, -0.05) is 32.8 Å². The van der Waals surface area contributed by atoms with Crippen LogP contribution in [0.25, 0.3) is 0 Å². The van der Waals surface area contributed by atoms with E-state index in [-0.39, 0.29) is 0 Å². The van der Waals surface area contributed by atoms with Gasteiger partial charge >= 0.3 is 0 Å². The van der Waals surface area contributed by atoms with Crippen molar-refractivity contribution in [3.8, 4) is 0 Å². The van der Waals surface area contributed by atoms with Gasteiger partial charge in [0.1, 0.15) is 12.4 Å². The van der Waals surface area contributed by atoms with Crippen molar-refractivity contribution in [3.05, 3.63) is 24.3 Å². The van der Waals surface area contributed by atoms with Gasteiger partial charge in [-0.2, -0.15) is 0 Å². The third-order valence-corrected chi connectivity index (χ3v) is 5.20. The molecule has 1 aliphatic rings.